The molecule has 0 atom stereocenters. The predicted octanol–water partition coefficient (Wildman–Crippen LogP) is 0.567. The molecule has 1 aliphatic rings. The van der Waals surface area contributed by atoms with Gasteiger partial charge in [0.2, 0.25) is 0 Å². The van der Waals surface area contributed by atoms with Crippen molar-refractivity contribution in [2.75, 3.05) is 6.54 Å². The van der Waals surface area contributed by atoms with Gasteiger partial charge in [0.25, 0.3) is 0 Å². The Morgan fingerprint density at radius 2 is 2.50 bits per heavy atom. The number of hydrogen-bond acceptors (Lipinski definition) is 4. The van der Waals surface area contributed by atoms with E-state index >= 15 is 0 Å². The summed E-state index contributed by atoms with van der Waals surface area (Å²) in [6.07, 6.45) is 6.81. The summed E-state index contributed by atoms with van der Waals surface area (Å²) in [7, 11) is 0. The highest BCUT2D eigenvalue weighted by Gasteiger charge is 2.11. The van der Waals surface area contributed by atoms with E-state index in [1.54, 1.807) is 24.4 Å². The van der Waals surface area contributed by atoms with Gasteiger partial charge in [-0.2, -0.15) is 5.10 Å². The molecule has 0 aromatic carbocycles. The van der Waals surface area contributed by atoms with Crippen molar-refractivity contribution in [3.05, 3.63) is 42.1 Å². The number of nitrogens with one attached hydrogen (secondary N) is 2. The SMILES string of the molecule is O=C(OC1=CC=CNC1)c1ccn[nH]1. The third-order valence-corrected chi connectivity index (χ3v) is 1.72. The van der Waals surface area contributed by atoms with Crippen LogP contribution in [0.4, 0.5) is 0 Å². The number of aromatic nitrogens is 2. The highest BCUT2D eigenvalue weighted by atomic mass is 16.5. The maximum Gasteiger partial charge on any atom is 0.361 e. The molecule has 72 valence electrons. The Hall–Kier alpha value is -2.04. The molecule has 0 saturated carbocycles. The van der Waals surface area contributed by atoms with Crippen LogP contribution in [-0.4, -0.2) is 22.7 Å². The Kier molecular flexibility index (Phi) is 2.31. The zero-order chi connectivity index (χ0) is 9.80. The zero-order valence-corrected chi connectivity index (χ0v) is 7.36. The number of carbonyl (C=O) groups excluding carboxylic acids is 1. The van der Waals surface area contributed by atoms with Crippen LogP contribution in [0.25, 0.3) is 0 Å². The number of aromatic amines is 1. The standard InChI is InChI=1S/C9H9N3O2/c13-9(8-3-5-11-12-8)14-7-2-1-4-10-6-7/h1-5,10H,6H2,(H,11,12). The van der Waals surface area contributed by atoms with Gasteiger partial charge < -0.3 is 10.1 Å². The summed E-state index contributed by atoms with van der Waals surface area (Å²) in [4.78, 5) is 11.4. The molecule has 0 saturated heterocycles. The van der Waals surface area contributed by atoms with Crippen molar-refractivity contribution in [2.45, 2.75) is 0 Å². The van der Waals surface area contributed by atoms with E-state index in [2.05, 4.69) is 15.5 Å². The highest BCUT2D eigenvalue weighted by Crippen LogP contribution is 2.05. The van der Waals surface area contributed by atoms with E-state index in [0.29, 0.717) is 18.0 Å². The molecular formula is C9H9N3O2. The Bertz CT molecular complexity index is 379. The van der Waals surface area contributed by atoms with E-state index in [4.69, 9.17) is 4.74 Å². The van der Waals surface area contributed by atoms with Crippen LogP contribution in [0, 0.1) is 0 Å². The maximum atomic E-state index is 11.4. The summed E-state index contributed by atoms with van der Waals surface area (Å²) in [5, 5.41) is 9.13. The number of hydrogen-bond donors (Lipinski definition) is 2. The van der Waals surface area contributed by atoms with Gasteiger partial charge in [-0.1, -0.05) is 0 Å². The zero-order valence-electron chi connectivity index (χ0n) is 7.36. The number of rotatable bonds is 2. The van der Waals surface area contributed by atoms with E-state index in [9.17, 15) is 4.79 Å². The van der Waals surface area contributed by atoms with Gasteiger partial charge in [-0.3, -0.25) is 5.10 Å². The summed E-state index contributed by atoms with van der Waals surface area (Å²) in [5.74, 6) is 0.165. The quantitative estimate of drug-likeness (QED) is 0.670. The van der Waals surface area contributed by atoms with Crippen molar-refractivity contribution in [3.8, 4) is 0 Å². The minimum atomic E-state index is -0.425. The molecule has 0 unspecified atom stereocenters. The Labute approximate surface area is 80.5 Å². The van der Waals surface area contributed by atoms with Crippen LogP contribution in [0.3, 0.4) is 0 Å². The normalized spacial score (nSPS) is 14.4. The molecule has 2 rings (SSSR count). The fourth-order valence-corrected chi connectivity index (χ4v) is 1.06. The van der Waals surface area contributed by atoms with Gasteiger partial charge in [0.1, 0.15) is 11.5 Å². The summed E-state index contributed by atoms with van der Waals surface area (Å²) < 4.78 is 5.07. The van der Waals surface area contributed by atoms with Crippen LogP contribution in [0.2, 0.25) is 0 Å². The van der Waals surface area contributed by atoms with Gasteiger partial charge >= 0.3 is 5.97 Å². The highest BCUT2D eigenvalue weighted by molar-refractivity contribution is 5.87. The van der Waals surface area contributed by atoms with Crippen molar-refractivity contribution in [1.29, 1.82) is 0 Å². The van der Waals surface area contributed by atoms with Gasteiger partial charge in [-0.05, 0) is 24.4 Å². The molecule has 0 aliphatic carbocycles. The first-order valence-electron chi connectivity index (χ1n) is 4.17. The lowest BCUT2D eigenvalue weighted by Gasteiger charge is -2.09. The Morgan fingerprint density at radius 1 is 1.57 bits per heavy atom. The second-order valence-electron chi connectivity index (χ2n) is 2.73. The van der Waals surface area contributed by atoms with Crippen molar-refractivity contribution in [2.24, 2.45) is 0 Å². The first kappa shape index (κ1) is 8.55. The second-order valence-corrected chi connectivity index (χ2v) is 2.73. The molecule has 0 fully saturated rings. The lowest BCUT2D eigenvalue weighted by atomic mass is 10.3. The largest absolute Gasteiger partial charge is 0.424 e. The number of esters is 1. The topological polar surface area (TPSA) is 67.0 Å². The van der Waals surface area contributed by atoms with Crippen LogP contribution >= 0.6 is 0 Å². The monoisotopic (exact) mass is 191 g/mol. The number of nitrogens with zero attached hydrogens (tertiary/aromatic N) is 1. The van der Waals surface area contributed by atoms with E-state index in [-0.39, 0.29) is 0 Å². The minimum absolute atomic E-state index is 0.348. The molecule has 2 heterocycles. The average molecular weight is 191 g/mol. The number of H-pyrrole nitrogens is 1. The van der Waals surface area contributed by atoms with Crippen molar-refractivity contribution >= 4 is 5.97 Å². The molecule has 5 nitrogen and oxygen atoms in total. The molecule has 1 aliphatic heterocycles. The number of allylic oxidation sites excluding steroid dienone is 2. The summed E-state index contributed by atoms with van der Waals surface area (Å²) in [6.45, 7) is 0.524. The molecule has 5 heteroatoms. The fourth-order valence-electron chi connectivity index (χ4n) is 1.06. The van der Waals surface area contributed by atoms with Gasteiger partial charge in [0.15, 0.2) is 0 Å². The van der Waals surface area contributed by atoms with E-state index < -0.39 is 5.97 Å². The summed E-state index contributed by atoms with van der Waals surface area (Å²) in [6, 6.07) is 1.56. The predicted molar refractivity (Wildman–Crippen MR) is 49.2 cm³/mol. The minimum Gasteiger partial charge on any atom is -0.424 e. The third-order valence-electron chi connectivity index (χ3n) is 1.72. The Balaban J connectivity index is 2.01. The summed E-state index contributed by atoms with van der Waals surface area (Å²) in [5.41, 5.74) is 0.348. The molecule has 2 N–H and O–H groups in total. The molecule has 0 spiro atoms. The third kappa shape index (κ3) is 1.82. The maximum absolute atomic E-state index is 11.4. The lowest BCUT2D eigenvalue weighted by Crippen LogP contribution is -2.17. The fraction of sp³-hybridized carbons (Fsp3) is 0.111. The number of carbonyl (C=O) groups is 1. The first-order valence-corrected chi connectivity index (χ1v) is 4.17. The van der Waals surface area contributed by atoms with Crippen molar-refractivity contribution < 1.29 is 9.53 Å². The molecular weight excluding hydrogens is 182 g/mol. The smallest absolute Gasteiger partial charge is 0.361 e. The van der Waals surface area contributed by atoms with E-state index in [1.807, 2.05) is 0 Å². The van der Waals surface area contributed by atoms with Crippen molar-refractivity contribution in [1.82, 2.24) is 15.5 Å². The molecule has 1 aromatic heterocycles. The molecule has 14 heavy (non-hydrogen) atoms. The van der Waals surface area contributed by atoms with Gasteiger partial charge in [-0.25, -0.2) is 4.79 Å². The number of ether oxygens (including phenoxy) is 1. The van der Waals surface area contributed by atoms with Crippen molar-refractivity contribution in [3.63, 3.8) is 0 Å². The molecule has 0 amide bonds. The van der Waals surface area contributed by atoms with Gasteiger partial charge in [0, 0.05) is 6.20 Å². The van der Waals surface area contributed by atoms with Gasteiger partial charge in [0.05, 0.1) is 6.54 Å². The average Bonchev–Trinajstić information content (AvgIpc) is 2.72. The van der Waals surface area contributed by atoms with Gasteiger partial charge in [-0.15, -0.1) is 0 Å². The van der Waals surface area contributed by atoms with Crippen LogP contribution in [-0.2, 0) is 4.74 Å². The molecule has 0 bridgehead atoms. The summed E-state index contributed by atoms with van der Waals surface area (Å²) >= 11 is 0. The van der Waals surface area contributed by atoms with Crippen LogP contribution in [0.15, 0.2) is 36.4 Å². The van der Waals surface area contributed by atoms with E-state index in [1.165, 1.54) is 6.20 Å². The Morgan fingerprint density at radius 3 is 3.14 bits per heavy atom. The van der Waals surface area contributed by atoms with Crippen LogP contribution in [0.5, 0.6) is 0 Å². The lowest BCUT2D eigenvalue weighted by molar-refractivity contribution is 0.0611. The molecule has 1 aromatic rings. The van der Waals surface area contributed by atoms with Crippen LogP contribution in [0.1, 0.15) is 10.5 Å². The second kappa shape index (κ2) is 3.78. The first-order chi connectivity index (χ1) is 6.86. The van der Waals surface area contributed by atoms with E-state index in [0.717, 1.165) is 0 Å². The van der Waals surface area contributed by atoms with Crippen LogP contribution < -0.4 is 5.32 Å². The molecule has 0 radical (unpaired) electrons. The number of dihydropyridines is 1.